The van der Waals surface area contributed by atoms with E-state index >= 15 is 0 Å². The number of nitrogens with one attached hydrogen (secondary N) is 1. The van der Waals surface area contributed by atoms with Crippen LogP contribution in [-0.2, 0) is 17.7 Å². The van der Waals surface area contributed by atoms with Crippen molar-refractivity contribution in [2.75, 3.05) is 38.8 Å². The van der Waals surface area contributed by atoms with Crippen LogP contribution < -0.4 is 14.8 Å². The number of ether oxygens (including phenoxy) is 3. The van der Waals surface area contributed by atoms with Crippen molar-refractivity contribution < 1.29 is 19.0 Å². The van der Waals surface area contributed by atoms with E-state index < -0.39 is 0 Å². The number of benzene rings is 2. The second-order valence-electron chi connectivity index (χ2n) is 6.30. The molecule has 0 radical (unpaired) electrons. The van der Waals surface area contributed by atoms with Gasteiger partial charge in [-0.2, -0.15) is 0 Å². The third-order valence-electron chi connectivity index (χ3n) is 4.46. The van der Waals surface area contributed by atoms with E-state index in [0.29, 0.717) is 44.3 Å². The van der Waals surface area contributed by atoms with E-state index in [4.69, 9.17) is 14.2 Å². The summed E-state index contributed by atoms with van der Waals surface area (Å²) < 4.78 is 16.3. The molecular weight excluding hydrogens is 344 g/mol. The maximum absolute atomic E-state index is 12.8. The molecule has 2 aromatic rings. The predicted molar refractivity (Wildman–Crippen MR) is 105 cm³/mol. The van der Waals surface area contributed by atoms with Crippen LogP contribution in [0.3, 0.4) is 0 Å². The highest BCUT2D eigenvalue weighted by Gasteiger charge is 2.22. The summed E-state index contributed by atoms with van der Waals surface area (Å²) in [5.74, 6) is 1.48. The summed E-state index contributed by atoms with van der Waals surface area (Å²) in [5, 5.41) is 2.97. The van der Waals surface area contributed by atoms with Crippen LogP contribution in [0, 0.1) is 0 Å². The topological polar surface area (TPSA) is 60.0 Å². The molecule has 144 valence electrons. The number of para-hydroxylation sites is 2. The fourth-order valence-electron chi connectivity index (χ4n) is 3.09. The molecule has 6 nitrogen and oxygen atoms in total. The molecule has 27 heavy (non-hydrogen) atoms. The van der Waals surface area contributed by atoms with Gasteiger partial charge in [-0.3, -0.25) is 0 Å². The van der Waals surface area contributed by atoms with Gasteiger partial charge in [-0.1, -0.05) is 18.2 Å². The monoisotopic (exact) mass is 370 g/mol. The third kappa shape index (κ3) is 4.92. The predicted octanol–water partition coefficient (Wildman–Crippen LogP) is 3.70. The molecule has 2 amide bonds. The molecule has 1 aliphatic heterocycles. The van der Waals surface area contributed by atoms with Crippen LogP contribution in [0.5, 0.6) is 11.5 Å². The lowest BCUT2D eigenvalue weighted by Gasteiger charge is -2.29. The zero-order valence-electron chi connectivity index (χ0n) is 15.9. The fraction of sp³-hybridized carbons (Fsp3) is 0.381. The van der Waals surface area contributed by atoms with Crippen LogP contribution in [0.1, 0.15) is 18.1 Å². The average molecular weight is 370 g/mol. The smallest absolute Gasteiger partial charge is 0.322 e. The van der Waals surface area contributed by atoms with Gasteiger partial charge in [-0.15, -0.1) is 0 Å². The molecular formula is C21H26N2O4. The molecule has 0 atom stereocenters. The number of hydrogen-bond acceptors (Lipinski definition) is 4. The van der Waals surface area contributed by atoms with Gasteiger partial charge in [0.2, 0.25) is 0 Å². The summed E-state index contributed by atoms with van der Waals surface area (Å²) in [7, 11) is 1.63. The zero-order valence-corrected chi connectivity index (χ0v) is 15.9. The number of hydrogen-bond donors (Lipinski definition) is 1. The highest BCUT2D eigenvalue weighted by Crippen LogP contribution is 2.27. The van der Waals surface area contributed by atoms with Crippen LogP contribution in [-0.4, -0.2) is 44.4 Å². The number of rotatable bonds is 7. The van der Waals surface area contributed by atoms with Crippen molar-refractivity contribution >= 4 is 11.7 Å². The largest absolute Gasteiger partial charge is 0.494 e. The highest BCUT2D eigenvalue weighted by molar-refractivity contribution is 5.91. The number of anilines is 1. The van der Waals surface area contributed by atoms with Crippen molar-refractivity contribution in [2.45, 2.75) is 19.9 Å². The average Bonchev–Trinajstić information content (AvgIpc) is 2.69. The molecule has 0 saturated heterocycles. The van der Waals surface area contributed by atoms with Crippen LogP contribution in [0.4, 0.5) is 10.5 Å². The number of methoxy groups -OCH3 is 1. The van der Waals surface area contributed by atoms with Gasteiger partial charge in [0.1, 0.15) is 18.1 Å². The van der Waals surface area contributed by atoms with Crippen LogP contribution in [0.25, 0.3) is 0 Å². The molecule has 0 unspecified atom stereocenters. The molecule has 0 aromatic heterocycles. The number of nitrogens with zero attached hydrogens (tertiary/aromatic N) is 1. The van der Waals surface area contributed by atoms with Gasteiger partial charge in [0.05, 0.1) is 18.9 Å². The van der Waals surface area contributed by atoms with E-state index in [2.05, 4.69) is 11.4 Å². The lowest BCUT2D eigenvalue weighted by atomic mass is 10.00. The molecule has 6 heteroatoms. The standard InChI is InChI=1S/C21H26N2O4/c1-3-26-18-9-8-16-10-11-23(15-17(16)14-18)21(24)22-19-6-4-5-7-20(19)27-13-12-25-2/h4-9,14H,3,10-13,15H2,1-2H3,(H,22,24). The van der Waals surface area contributed by atoms with E-state index in [1.807, 2.05) is 48.2 Å². The van der Waals surface area contributed by atoms with Gasteiger partial charge in [0.15, 0.2) is 0 Å². The maximum atomic E-state index is 12.8. The first-order valence-corrected chi connectivity index (χ1v) is 9.22. The Labute approximate surface area is 160 Å². The third-order valence-corrected chi connectivity index (χ3v) is 4.46. The molecule has 2 aromatic carbocycles. The number of urea groups is 1. The molecule has 1 aliphatic rings. The molecule has 0 saturated carbocycles. The van der Waals surface area contributed by atoms with Crippen molar-refractivity contribution in [3.63, 3.8) is 0 Å². The van der Waals surface area contributed by atoms with Gasteiger partial charge in [0.25, 0.3) is 0 Å². The Kier molecular flexibility index (Phi) is 6.54. The lowest BCUT2D eigenvalue weighted by molar-refractivity contribution is 0.146. The first-order valence-electron chi connectivity index (χ1n) is 9.22. The molecule has 0 bridgehead atoms. The number of carbonyl (C=O) groups excluding carboxylic acids is 1. The second kappa shape index (κ2) is 9.28. The Balaban J connectivity index is 1.66. The Bertz CT molecular complexity index is 779. The summed E-state index contributed by atoms with van der Waals surface area (Å²) in [4.78, 5) is 14.6. The number of carbonyl (C=O) groups is 1. The Morgan fingerprint density at radius 3 is 2.78 bits per heavy atom. The van der Waals surface area contributed by atoms with E-state index in [1.54, 1.807) is 7.11 Å². The van der Waals surface area contributed by atoms with Gasteiger partial charge in [-0.05, 0) is 48.7 Å². The first kappa shape index (κ1) is 19.0. The van der Waals surface area contributed by atoms with Gasteiger partial charge < -0.3 is 24.4 Å². The van der Waals surface area contributed by atoms with E-state index in [0.717, 1.165) is 17.7 Å². The molecule has 0 fully saturated rings. The van der Waals surface area contributed by atoms with E-state index in [1.165, 1.54) is 5.56 Å². The maximum Gasteiger partial charge on any atom is 0.322 e. The minimum atomic E-state index is -0.134. The summed E-state index contributed by atoms with van der Waals surface area (Å²) in [6.07, 6.45) is 0.834. The van der Waals surface area contributed by atoms with Crippen molar-refractivity contribution in [3.8, 4) is 11.5 Å². The molecule has 0 spiro atoms. The van der Waals surface area contributed by atoms with Crippen molar-refractivity contribution in [3.05, 3.63) is 53.6 Å². The first-order chi connectivity index (χ1) is 13.2. The van der Waals surface area contributed by atoms with Gasteiger partial charge >= 0.3 is 6.03 Å². The Hall–Kier alpha value is -2.73. The summed E-state index contributed by atoms with van der Waals surface area (Å²) in [6.45, 7) is 4.76. The van der Waals surface area contributed by atoms with Crippen LogP contribution in [0.15, 0.2) is 42.5 Å². The minimum Gasteiger partial charge on any atom is -0.494 e. The lowest BCUT2D eigenvalue weighted by Crippen LogP contribution is -2.39. The van der Waals surface area contributed by atoms with Gasteiger partial charge in [0, 0.05) is 20.2 Å². The van der Waals surface area contributed by atoms with Crippen molar-refractivity contribution in [1.29, 1.82) is 0 Å². The molecule has 3 rings (SSSR count). The Morgan fingerprint density at radius 1 is 1.11 bits per heavy atom. The van der Waals surface area contributed by atoms with E-state index in [-0.39, 0.29) is 6.03 Å². The van der Waals surface area contributed by atoms with E-state index in [9.17, 15) is 4.79 Å². The summed E-state index contributed by atoms with van der Waals surface area (Å²) >= 11 is 0. The normalized spacial score (nSPS) is 13.0. The quantitative estimate of drug-likeness (QED) is 0.755. The fourth-order valence-corrected chi connectivity index (χ4v) is 3.09. The number of fused-ring (bicyclic) bond motifs is 1. The molecule has 1 N–H and O–H groups in total. The van der Waals surface area contributed by atoms with Crippen molar-refractivity contribution in [2.24, 2.45) is 0 Å². The summed E-state index contributed by atoms with van der Waals surface area (Å²) in [5.41, 5.74) is 3.06. The number of amides is 2. The van der Waals surface area contributed by atoms with Crippen molar-refractivity contribution in [1.82, 2.24) is 4.90 Å². The Morgan fingerprint density at radius 2 is 1.96 bits per heavy atom. The molecule has 0 aliphatic carbocycles. The zero-order chi connectivity index (χ0) is 19.1. The minimum absolute atomic E-state index is 0.134. The van der Waals surface area contributed by atoms with Crippen LogP contribution in [0.2, 0.25) is 0 Å². The molecule has 1 heterocycles. The second-order valence-corrected chi connectivity index (χ2v) is 6.30. The van der Waals surface area contributed by atoms with Crippen LogP contribution >= 0.6 is 0 Å². The highest BCUT2D eigenvalue weighted by atomic mass is 16.5. The SMILES string of the molecule is CCOc1ccc2c(c1)CN(C(=O)Nc1ccccc1OCCOC)CC2. The van der Waals surface area contributed by atoms with Gasteiger partial charge in [-0.25, -0.2) is 4.79 Å². The summed E-state index contributed by atoms with van der Waals surface area (Å²) in [6, 6.07) is 13.4.